The number of halogens is 1. The third-order valence-corrected chi connectivity index (χ3v) is 3.39. The summed E-state index contributed by atoms with van der Waals surface area (Å²) in [7, 11) is 1.28. The molecule has 0 atom stereocenters. The van der Waals surface area contributed by atoms with Gasteiger partial charge in [0.25, 0.3) is 5.91 Å². The molecule has 0 radical (unpaired) electrons. The molecular weight excluding hydrogens is 282 g/mol. The number of ether oxygens (including phenoxy) is 2. The second kappa shape index (κ2) is 6.61. The summed E-state index contributed by atoms with van der Waals surface area (Å²) < 4.78 is 10.1. The van der Waals surface area contributed by atoms with Crippen molar-refractivity contribution in [1.29, 1.82) is 0 Å². The van der Waals surface area contributed by atoms with Crippen LogP contribution in [0.2, 0.25) is 5.02 Å². The van der Waals surface area contributed by atoms with E-state index in [1.807, 2.05) is 0 Å². The molecule has 0 bridgehead atoms. The molecule has 0 aliphatic carbocycles. The van der Waals surface area contributed by atoms with Crippen molar-refractivity contribution in [3.63, 3.8) is 0 Å². The lowest BCUT2D eigenvalue weighted by atomic mass is 10.2. The molecule has 20 heavy (non-hydrogen) atoms. The molecule has 1 aromatic rings. The molecule has 0 aromatic heterocycles. The van der Waals surface area contributed by atoms with Gasteiger partial charge in [-0.15, -0.1) is 0 Å². The summed E-state index contributed by atoms with van der Waals surface area (Å²) in [5, 5.41) is 0.406. The molecule has 6 heteroatoms. The molecule has 0 unspecified atom stereocenters. The average Bonchev–Trinajstić information content (AvgIpc) is 2.99. The third kappa shape index (κ3) is 3.42. The number of carbonyl (C=O) groups excluding carboxylic acids is 2. The van der Waals surface area contributed by atoms with E-state index in [9.17, 15) is 9.59 Å². The van der Waals surface area contributed by atoms with E-state index < -0.39 is 5.97 Å². The van der Waals surface area contributed by atoms with Crippen LogP contribution in [0.25, 0.3) is 0 Å². The van der Waals surface area contributed by atoms with Crippen molar-refractivity contribution in [3.8, 4) is 5.75 Å². The van der Waals surface area contributed by atoms with Crippen LogP contribution in [0.4, 0.5) is 0 Å². The van der Waals surface area contributed by atoms with Gasteiger partial charge in [-0.2, -0.15) is 0 Å². The Bertz CT molecular complexity index is 512. The van der Waals surface area contributed by atoms with Gasteiger partial charge < -0.3 is 14.4 Å². The predicted octanol–water partition coefficient (Wildman–Crippen LogP) is 2.13. The number of benzene rings is 1. The first-order valence-corrected chi connectivity index (χ1v) is 6.78. The Morgan fingerprint density at radius 3 is 2.65 bits per heavy atom. The average molecular weight is 298 g/mol. The van der Waals surface area contributed by atoms with E-state index >= 15 is 0 Å². The summed E-state index contributed by atoms with van der Waals surface area (Å²) in [5.41, 5.74) is 0.217. The second-order valence-corrected chi connectivity index (χ2v) is 4.95. The Kier molecular flexibility index (Phi) is 4.84. The molecule has 108 valence electrons. The van der Waals surface area contributed by atoms with Crippen LogP contribution in [0.3, 0.4) is 0 Å². The normalized spacial score (nSPS) is 14.2. The number of esters is 1. The van der Waals surface area contributed by atoms with Crippen LogP contribution in [0.15, 0.2) is 18.2 Å². The van der Waals surface area contributed by atoms with Crippen molar-refractivity contribution < 1.29 is 19.1 Å². The Hall–Kier alpha value is -1.75. The highest BCUT2D eigenvalue weighted by molar-refractivity contribution is 6.31. The standard InChI is InChI=1S/C14H16ClNO4/c1-19-14(18)11-8-10(15)4-5-12(11)20-9-13(17)16-6-2-3-7-16/h4-5,8H,2-3,6-7,9H2,1H3. The number of methoxy groups -OCH3 is 1. The zero-order valence-electron chi connectivity index (χ0n) is 11.2. The summed E-state index contributed by atoms with van der Waals surface area (Å²) in [6.07, 6.45) is 2.06. The fourth-order valence-corrected chi connectivity index (χ4v) is 2.27. The van der Waals surface area contributed by atoms with Crippen LogP contribution < -0.4 is 4.74 Å². The highest BCUT2D eigenvalue weighted by atomic mass is 35.5. The first kappa shape index (κ1) is 14.7. The van der Waals surface area contributed by atoms with Crippen molar-refractivity contribution in [2.45, 2.75) is 12.8 Å². The van der Waals surface area contributed by atoms with Crippen LogP contribution >= 0.6 is 11.6 Å². The molecule has 1 aromatic carbocycles. The fourth-order valence-electron chi connectivity index (χ4n) is 2.09. The molecule has 2 rings (SSSR count). The van der Waals surface area contributed by atoms with E-state index in [2.05, 4.69) is 4.74 Å². The number of carbonyl (C=O) groups is 2. The third-order valence-electron chi connectivity index (χ3n) is 3.16. The van der Waals surface area contributed by atoms with Gasteiger partial charge in [0.15, 0.2) is 6.61 Å². The summed E-state index contributed by atoms with van der Waals surface area (Å²) in [6, 6.07) is 4.62. The van der Waals surface area contributed by atoms with Crippen LogP contribution in [0.5, 0.6) is 5.75 Å². The molecule has 0 N–H and O–H groups in total. The Morgan fingerprint density at radius 1 is 1.30 bits per heavy atom. The minimum absolute atomic E-state index is 0.0757. The Balaban J connectivity index is 2.05. The summed E-state index contributed by atoms with van der Waals surface area (Å²) >= 11 is 5.85. The van der Waals surface area contributed by atoms with Gasteiger partial charge in [0, 0.05) is 18.1 Å². The van der Waals surface area contributed by atoms with Crippen LogP contribution in [-0.4, -0.2) is 43.6 Å². The van der Waals surface area contributed by atoms with E-state index in [1.54, 1.807) is 17.0 Å². The molecule has 1 fully saturated rings. The summed E-state index contributed by atoms with van der Waals surface area (Å²) in [6.45, 7) is 1.45. The maximum Gasteiger partial charge on any atom is 0.341 e. The van der Waals surface area contributed by atoms with Gasteiger partial charge in [0.05, 0.1) is 7.11 Å². The van der Waals surface area contributed by atoms with Crippen LogP contribution in [0, 0.1) is 0 Å². The molecule has 1 aliphatic heterocycles. The second-order valence-electron chi connectivity index (χ2n) is 4.51. The Morgan fingerprint density at radius 2 is 2.00 bits per heavy atom. The monoisotopic (exact) mass is 297 g/mol. The van der Waals surface area contributed by atoms with Gasteiger partial charge in [-0.3, -0.25) is 4.79 Å². The fraction of sp³-hybridized carbons (Fsp3) is 0.429. The van der Waals surface area contributed by atoms with Crippen molar-refractivity contribution in [2.24, 2.45) is 0 Å². The van der Waals surface area contributed by atoms with Crippen molar-refractivity contribution in [1.82, 2.24) is 4.90 Å². The summed E-state index contributed by atoms with van der Waals surface area (Å²) in [4.78, 5) is 25.3. The maximum atomic E-state index is 11.9. The van der Waals surface area contributed by atoms with Gasteiger partial charge in [0.1, 0.15) is 11.3 Å². The van der Waals surface area contributed by atoms with Gasteiger partial charge in [0.2, 0.25) is 0 Å². The minimum Gasteiger partial charge on any atom is -0.483 e. The van der Waals surface area contributed by atoms with E-state index in [1.165, 1.54) is 13.2 Å². The van der Waals surface area contributed by atoms with Gasteiger partial charge in [-0.05, 0) is 31.0 Å². The zero-order valence-corrected chi connectivity index (χ0v) is 12.0. The van der Waals surface area contributed by atoms with E-state index in [0.717, 1.165) is 25.9 Å². The van der Waals surface area contributed by atoms with Gasteiger partial charge in [-0.1, -0.05) is 11.6 Å². The highest BCUT2D eigenvalue weighted by Gasteiger charge is 2.20. The number of amides is 1. The van der Waals surface area contributed by atoms with E-state index in [4.69, 9.17) is 16.3 Å². The predicted molar refractivity (Wildman–Crippen MR) is 74.1 cm³/mol. The first-order valence-electron chi connectivity index (χ1n) is 6.40. The SMILES string of the molecule is COC(=O)c1cc(Cl)ccc1OCC(=O)N1CCCC1. The lowest BCUT2D eigenvalue weighted by Gasteiger charge is -2.16. The number of hydrogen-bond donors (Lipinski definition) is 0. The molecular formula is C14H16ClNO4. The van der Waals surface area contributed by atoms with Crippen LogP contribution in [-0.2, 0) is 9.53 Å². The number of likely N-dealkylation sites (tertiary alicyclic amines) is 1. The smallest absolute Gasteiger partial charge is 0.341 e. The molecule has 1 saturated heterocycles. The quantitative estimate of drug-likeness (QED) is 0.799. The van der Waals surface area contributed by atoms with Crippen molar-refractivity contribution in [2.75, 3.05) is 26.8 Å². The molecule has 1 aliphatic rings. The Labute approximate surface area is 122 Å². The maximum absolute atomic E-state index is 11.9. The number of rotatable bonds is 4. The van der Waals surface area contributed by atoms with Gasteiger partial charge >= 0.3 is 5.97 Å². The molecule has 1 amide bonds. The number of hydrogen-bond acceptors (Lipinski definition) is 4. The molecule has 1 heterocycles. The minimum atomic E-state index is -0.545. The summed E-state index contributed by atoms with van der Waals surface area (Å²) in [5.74, 6) is -0.321. The van der Waals surface area contributed by atoms with Crippen molar-refractivity contribution in [3.05, 3.63) is 28.8 Å². The topological polar surface area (TPSA) is 55.8 Å². The zero-order chi connectivity index (χ0) is 14.5. The molecule has 0 spiro atoms. The molecule has 5 nitrogen and oxygen atoms in total. The van der Waals surface area contributed by atoms with E-state index in [-0.39, 0.29) is 18.1 Å². The molecule has 0 saturated carbocycles. The lowest BCUT2D eigenvalue weighted by molar-refractivity contribution is -0.132. The van der Waals surface area contributed by atoms with Crippen molar-refractivity contribution >= 4 is 23.5 Å². The largest absolute Gasteiger partial charge is 0.483 e. The first-order chi connectivity index (χ1) is 9.61. The van der Waals surface area contributed by atoms with Gasteiger partial charge in [-0.25, -0.2) is 4.79 Å². The lowest BCUT2D eigenvalue weighted by Crippen LogP contribution is -2.32. The van der Waals surface area contributed by atoms with E-state index in [0.29, 0.717) is 10.8 Å². The van der Waals surface area contributed by atoms with Crippen LogP contribution in [0.1, 0.15) is 23.2 Å². The number of nitrogens with zero attached hydrogens (tertiary/aromatic N) is 1. The highest BCUT2D eigenvalue weighted by Crippen LogP contribution is 2.24.